The van der Waals surface area contributed by atoms with E-state index < -0.39 is 0 Å². The molecule has 0 spiro atoms. The quantitative estimate of drug-likeness (QED) is 0.220. The molecule has 32 heavy (non-hydrogen) atoms. The van der Waals surface area contributed by atoms with Gasteiger partial charge < -0.3 is 0 Å². The molecule has 2 atom stereocenters. The standard InChI is InChI=1S/C20H25N.C9H16.C2H6/c1-6-8-10-13-17(5)20(18-14-11-9-12-15-18)21-19(7-2)16(3)4;1-3-4-9-6-5-8(2)7-9;1-2/h6,8-15H,3,7H2,1-2,4-5H3;3,8-9H,1,4-7H2,2H3;1-2H3/b8-6-,13-10-,20-17+,21-19?;;. The van der Waals surface area contributed by atoms with Crippen molar-refractivity contribution in [1.29, 1.82) is 0 Å². The molecule has 0 radical (unpaired) electrons. The van der Waals surface area contributed by atoms with Gasteiger partial charge in [0.15, 0.2) is 0 Å². The van der Waals surface area contributed by atoms with Gasteiger partial charge in [-0.1, -0.05) is 101 Å². The molecule has 0 aromatic heterocycles. The summed E-state index contributed by atoms with van der Waals surface area (Å²) in [4.78, 5) is 4.86. The molecule has 1 aromatic carbocycles. The van der Waals surface area contributed by atoms with E-state index in [1.165, 1.54) is 25.7 Å². The van der Waals surface area contributed by atoms with Crippen LogP contribution >= 0.6 is 0 Å². The third-order valence-electron chi connectivity index (χ3n) is 5.45. The van der Waals surface area contributed by atoms with Crippen molar-refractivity contribution in [2.75, 3.05) is 0 Å². The van der Waals surface area contributed by atoms with Crippen LogP contribution in [0, 0.1) is 11.8 Å². The van der Waals surface area contributed by atoms with E-state index in [4.69, 9.17) is 4.99 Å². The molecule has 0 aliphatic heterocycles. The highest BCUT2D eigenvalue weighted by Gasteiger charge is 2.19. The SMILES string of the molecule is C=C(C)C(CC)=N/C(=C(C)/C=C\C=C/C)c1ccccc1.C=CCC1CCC(C)C1.CC. The molecule has 1 aromatic rings. The third kappa shape index (κ3) is 11.8. The Balaban J connectivity index is 0.000000723. The molecule has 1 aliphatic rings. The molecule has 0 saturated heterocycles. The van der Waals surface area contributed by atoms with E-state index in [2.05, 4.69) is 58.2 Å². The monoisotopic (exact) mass is 433 g/mol. The average Bonchev–Trinajstić information content (AvgIpc) is 3.21. The summed E-state index contributed by atoms with van der Waals surface area (Å²) >= 11 is 0. The zero-order valence-corrected chi connectivity index (χ0v) is 21.8. The molecule has 0 bridgehead atoms. The van der Waals surface area contributed by atoms with Gasteiger partial charge in [-0.25, -0.2) is 0 Å². The van der Waals surface area contributed by atoms with Gasteiger partial charge >= 0.3 is 0 Å². The smallest absolute Gasteiger partial charge is 0.0734 e. The molecular weight excluding hydrogens is 386 g/mol. The van der Waals surface area contributed by atoms with Crippen LogP contribution in [0.25, 0.3) is 5.70 Å². The van der Waals surface area contributed by atoms with Crippen molar-refractivity contribution in [1.82, 2.24) is 0 Å². The lowest BCUT2D eigenvalue weighted by molar-refractivity contribution is 0.522. The Morgan fingerprint density at radius 1 is 1.09 bits per heavy atom. The fourth-order valence-corrected chi connectivity index (χ4v) is 3.75. The fraction of sp³-hybridized carbons (Fsp3) is 0.452. The van der Waals surface area contributed by atoms with Crippen molar-refractivity contribution >= 4 is 11.4 Å². The molecule has 1 heteroatoms. The Bertz CT molecular complexity index is 774. The number of allylic oxidation sites excluding steroid dienone is 7. The van der Waals surface area contributed by atoms with E-state index in [-0.39, 0.29) is 0 Å². The number of benzene rings is 1. The van der Waals surface area contributed by atoms with Crippen molar-refractivity contribution < 1.29 is 0 Å². The van der Waals surface area contributed by atoms with Gasteiger partial charge in [0.1, 0.15) is 0 Å². The Morgan fingerprint density at radius 3 is 2.22 bits per heavy atom. The van der Waals surface area contributed by atoms with E-state index in [0.29, 0.717) is 0 Å². The predicted molar refractivity (Wildman–Crippen MR) is 148 cm³/mol. The maximum atomic E-state index is 4.86. The molecule has 0 heterocycles. The third-order valence-corrected chi connectivity index (χ3v) is 5.45. The van der Waals surface area contributed by atoms with Crippen LogP contribution in [0.3, 0.4) is 0 Å². The maximum Gasteiger partial charge on any atom is 0.0734 e. The highest BCUT2D eigenvalue weighted by molar-refractivity contribution is 6.02. The average molecular weight is 434 g/mol. The second-order valence-electron chi connectivity index (χ2n) is 8.28. The number of hydrogen-bond acceptors (Lipinski definition) is 1. The lowest BCUT2D eigenvalue weighted by Gasteiger charge is -2.09. The number of hydrogen-bond donors (Lipinski definition) is 0. The Morgan fingerprint density at radius 2 is 1.75 bits per heavy atom. The lowest BCUT2D eigenvalue weighted by Crippen LogP contribution is -1.98. The summed E-state index contributed by atoms with van der Waals surface area (Å²) in [5, 5.41) is 0. The minimum absolute atomic E-state index is 0.886. The van der Waals surface area contributed by atoms with Crippen molar-refractivity contribution in [2.45, 2.75) is 80.6 Å². The molecule has 1 fully saturated rings. The Kier molecular flexibility index (Phi) is 16.8. The van der Waals surface area contributed by atoms with Gasteiger partial charge in [0.2, 0.25) is 0 Å². The van der Waals surface area contributed by atoms with Crippen molar-refractivity contribution in [2.24, 2.45) is 16.8 Å². The molecule has 176 valence electrons. The molecule has 1 nitrogen and oxygen atoms in total. The van der Waals surface area contributed by atoms with E-state index in [9.17, 15) is 0 Å². The van der Waals surface area contributed by atoms with Crippen molar-refractivity contribution in [3.63, 3.8) is 0 Å². The van der Waals surface area contributed by atoms with Crippen molar-refractivity contribution in [3.05, 3.63) is 90.6 Å². The van der Waals surface area contributed by atoms with E-state index in [1.54, 1.807) is 0 Å². The topological polar surface area (TPSA) is 12.4 Å². The first-order valence-electron chi connectivity index (χ1n) is 12.3. The predicted octanol–water partition coefficient (Wildman–Crippen LogP) is 10.0. The zero-order chi connectivity index (χ0) is 24.4. The highest BCUT2D eigenvalue weighted by Crippen LogP contribution is 2.32. The summed E-state index contributed by atoms with van der Waals surface area (Å²) < 4.78 is 0. The minimum atomic E-state index is 0.886. The summed E-state index contributed by atoms with van der Waals surface area (Å²) in [6, 6.07) is 10.3. The van der Waals surface area contributed by atoms with Gasteiger partial charge in [-0.15, -0.1) is 6.58 Å². The van der Waals surface area contributed by atoms with Gasteiger partial charge in [-0.3, -0.25) is 4.99 Å². The molecule has 1 saturated carbocycles. The molecule has 0 N–H and O–H groups in total. The van der Waals surface area contributed by atoms with Crippen LogP contribution in [-0.4, -0.2) is 5.71 Å². The van der Waals surface area contributed by atoms with Crippen LogP contribution in [0.4, 0.5) is 0 Å². The summed E-state index contributed by atoms with van der Waals surface area (Å²) in [6.45, 7) is 22.4. The van der Waals surface area contributed by atoms with Gasteiger partial charge in [0, 0.05) is 11.3 Å². The summed E-state index contributed by atoms with van der Waals surface area (Å²) in [7, 11) is 0. The van der Waals surface area contributed by atoms with Gasteiger partial charge in [-0.2, -0.15) is 0 Å². The number of rotatable bonds is 8. The van der Waals surface area contributed by atoms with Gasteiger partial charge in [-0.05, 0) is 69.4 Å². The largest absolute Gasteiger partial charge is 0.252 e. The normalized spacial score (nSPS) is 19.0. The molecule has 2 unspecified atom stereocenters. The molecular formula is C31H47N. The van der Waals surface area contributed by atoms with Crippen molar-refractivity contribution in [3.8, 4) is 0 Å². The first-order chi connectivity index (χ1) is 15.4. The summed E-state index contributed by atoms with van der Waals surface area (Å²) in [5.41, 5.74) is 5.36. The Hall–Kier alpha value is -2.41. The molecule has 1 aliphatic carbocycles. The molecule has 2 rings (SSSR count). The van der Waals surface area contributed by atoms with Crippen LogP contribution in [0.15, 0.2) is 90.0 Å². The second-order valence-corrected chi connectivity index (χ2v) is 8.28. The maximum absolute atomic E-state index is 4.86. The second kappa shape index (κ2) is 18.2. The van der Waals surface area contributed by atoms with Gasteiger partial charge in [0.25, 0.3) is 0 Å². The lowest BCUT2D eigenvalue weighted by atomic mass is 10.0. The van der Waals surface area contributed by atoms with Crippen LogP contribution in [0.5, 0.6) is 0 Å². The van der Waals surface area contributed by atoms with Crippen LogP contribution in [0.1, 0.15) is 86.1 Å². The zero-order valence-electron chi connectivity index (χ0n) is 21.8. The highest BCUT2D eigenvalue weighted by atomic mass is 14.8. The molecule has 0 amide bonds. The minimum Gasteiger partial charge on any atom is -0.252 e. The van der Waals surface area contributed by atoms with E-state index >= 15 is 0 Å². The summed E-state index contributed by atoms with van der Waals surface area (Å²) in [5.74, 6) is 1.95. The van der Waals surface area contributed by atoms with Gasteiger partial charge in [0.05, 0.1) is 5.70 Å². The van der Waals surface area contributed by atoms with Crippen LogP contribution in [-0.2, 0) is 0 Å². The fourth-order valence-electron chi connectivity index (χ4n) is 3.75. The van der Waals surface area contributed by atoms with Crippen LogP contribution < -0.4 is 0 Å². The Labute approximate surface area is 199 Å². The van der Waals surface area contributed by atoms with E-state index in [0.717, 1.165) is 46.4 Å². The first-order valence-corrected chi connectivity index (χ1v) is 12.3. The van der Waals surface area contributed by atoms with Crippen LogP contribution in [0.2, 0.25) is 0 Å². The number of nitrogens with zero attached hydrogens (tertiary/aromatic N) is 1. The first kappa shape index (κ1) is 29.6. The summed E-state index contributed by atoms with van der Waals surface area (Å²) in [6.07, 6.45) is 16.7. The number of aliphatic imine (C=N–C) groups is 1. The van der Waals surface area contributed by atoms with E-state index in [1.807, 2.05) is 64.1 Å².